The van der Waals surface area contributed by atoms with Crippen molar-refractivity contribution in [3.8, 4) is 11.4 Å². The molecular weight excluding hydrogens is 553 g/mol. The molecule has 1 aromatic heterocycles. The number of amides is 1. The van der Waals surface area contributed by atoms with E-state index in [1.54, 1.807) is 7.05 Å². The number of nitrogens with zero attached hydrogens (tertiary/aromatic N) is 3. The second-order valence-electron chi connectivity index (χ2n) is 8.77. The van der Waals surface area contributed by atoms with E-state index in [4.69, 9.17) is 4.74 Å². The van der Waals surface area contributed by atoms with Gasteiger partial charge in [-0.3, -0.25) is 14.0 Å². The van der Waals surface area contributed by atoms with E-state index < -0.39 is 58.6 Å². The van der Waals surface area contributed by atoms with Crippen LogP contribution in [0.25, 0.3) is 5.69 Å². The van der Waals surface area contributed by atoms with Gasteiger partial charge in [0, 0.05) is 38.2 Å². The third kappa shape index (κ3) is 7.21. The first-order valence-electron chi connectivity index (χ1n) is 11.8. The lowest BCUT2D eigenvalue weighted by Gasteiger charge is -2.22. The number of rotatable bonds is 9. The molecule has 3 aromatic rings. The Hall–Kier alpha value is -3.85. The fourth-order valence-electron chi connectivity index (χ4n) is 3.80. The molecular formula is C25H25F7N4O4. The highest BCUT2D eigenvalue weighted by Crippen LogP contribution is 2.44. The zero-order valence-corrected chi connectivity index (χ0v) is 21.2. The van der Waals surface area contributed by atoms with Gasteiger partial charge in [0.25, 0.3) is 0 Å². The molecule has 40 heavy (non-hydrogen) atoms. The smallest absolute Gasteiger partial charge is 0.407 e. The fraction of sp³-hybridized carbons (Fsp3) is 0.360. The van der Waals surface area contributed by atoms with Crippen molar-refractivity contribution in [2.24, 2.45) is 0 Å². The van der Waals surface area contributed by atoms with Crippen molar-refractivity contribution < 1.29 is 45.4 Å². The molecule has 15 heteroatoms. The van der Waals surface area contributed by atoms with E-state index in [2.05, 4.69) is 5.32 Å². The molecule has 0 radical (unpaired) electrons. The van der Waals surface area contributed by atoms with Crippen LogP contribution in [0.3, 0.4) is 0 Å². The summed E-state index contributed by atoms with van der Waals surface area (Å²) < 4.78 is 103. The number of carbonyl (C=O) groups excluding carboxylic acids is 1. The second-order valence-corrected chi connectivity index (χ2v) is 8.77. The molecule has 1 atom stereocenters. The van der Waals surface area contributed by atoms with E-state index in [9.17, 15) is 45.4 Å². The Bertz CT molecular complexity index is 1380. The number of halogens is 7. The monoisotopic (exact) mass is 578 g/mol. The summed E-state index contributed by atoms with van der Waals surface area (Å²) in [7, 11) is 2.72. The summed E-state index contributed by atoms with van der Waals surface area (Å²) >= 11 is 0. The predicted octanol–water partition coefficient (Wildman–Crippen LogP) is 4.81. The van der Waals surface area contributed by atoms with Crippen molar-refractivity contribution in [3.05, 3.63) is 76.2 Å². The lowest BCUT2D eigenvalue weighted by atomic mass is 10.1. The maximum absolute atomic E-state index is 14.0. The van der Waals surface area contributed by atoms with Gasteiger partial charge in [0.05, 0.1) is 17.4 Å². The Morgan fingerprint density at radius 1 is 1.07 bits per heavy atom. The number of nitrogens with one attached hydrogen (secondary N) is 1. The van der Waals surface area contributed by atoms with Crippen LogP contribution in [0.15, 0.2) is 53.6 Å². The first-order chi connectivity index (χ1) is 18.6. The highest BCUT2D eigenvalue weighted by molar-refractivity contribution is 5.89. The van der Waals surface area contributed by atoms with Gasteiger partial charge in [0.2, 0.25) is 0 Å². The summed E-state index contributed by atoms with van der Waals surface area (Å²) in [6.45, 7) is 0.279. The number of aliphatic hydroxyl groups is 1. The minimum absolute atomic E-state index is 0.000122. The lowest BCUT2D eigenvalue weighted by Crippen LogP contribution is -2.31. The maximum atomic E-state index is 14.0. The molecule has 2 N–H and O–H groups in total. The van der Waals surface area contributed by atoms with Gasteiger partial charge >= 0.3 is 24.1 Å². The normalized spacial score (nSPS) is 12.8. The molecule has 1 unspecified atom stereocenters. The van der Waals surface area contributed by atoms with Gasteiger partial charge in [0.15, 0.2) is 5.75 Å². The first-order valence-corrected chi connectivity index (χ1v) is 11.8. The van der Waals surface area contributed by atoms with Gasteiger partial charge in [-0.1, -0.05) is 0 Å². The molecule has 0 saturated heterocycles. The minimum Gasteiger partial charge on any atom is -0.407 e. The number of benzene rings is 2. The standard InChI is InChI=1S/C25H25F7N4O4/c1-33-14-18(37)4-3-9-35-10-11-36(22(35)38)20-13-15(24(27,28)29)12-19(25(30,31)32)21(20)40-23(39)34(2)17-7-5-16(26)6-8-17/h5-8,10-13,18,33,37H,3-4,9,14H2,1-2H3. The molecule has 1 heterocycles. The number of hydrogen-bond acceptors (Lipinski definition) is 5. The first kappa shape index (κ1) is 30.7. The Balaban J connectivity index is 2.09. The average Bonchev–Trinajstić information content (AvgIpc) is 3.22. The van der Waals surface area contributed by atoms with Gasteiger partial charge in [-0.25, -0.2) is 14.0 Å². The third-order valence-electron chi connectivity index (χ3n) is 5.86. The van der Waals surface area contributed by atoms with Crippen molar-refractivity contribution in [1.82, 2.24) is 14.5 Å². The van der Waals surface area contributed by atoms with Crippen molar-refractivity contribution in [2.45, 2.75) is 37.8 Å². The SMILES string of the molecule is CNCC(O)CCCn1ccn(-c2cc(C(F)(F)F)cc(C(F)(F)F)c2OC(=O)N(C)c2ccc(F)cc2)c1=O. The Kier molecular flexibility index (Phi) is 9.30. The van der Waals surface area contributed by atoms with Crippen molar-refractivity contribution in [3.63, 3.8) is 0 Å². The predicted molar refractivity (Wildman–Crippen MR) is 130 cm³/mol. The minimum atomic E-state index is -5.42. The third-order valence-corrected chi connectivity index (χ3v) is 5.86. The Morgan fingerprint density at radius 3 is 2.30 bits per heavy atom. The van der Waals surface area contributed by atoms with E-state index in [1.807, 2.05) is 0 Å². The molecule has 218 valence electrons. The number of anilines is 1. The summed E-state index contributed by atoms with van der Waals surface area (Å²) in [5, 5.41) is 12.6. The average molecular weight is 578 g/mol. The molecule has 2 aromatic carbocycles. The maximum Gasteiger partial charge on any atom is 0.420 e. The van der Waals surface area contributed by atoms with Crippen LogP contribution in [0, 0.1) is 5.82 Å². The van der Waals surface area contributed by atoms with Crippen LogP contribution in [0.1, 0.15) is 24.0 Å². The van der Waals surface area contributed by atoms with Crippen LogP contribution < -0.4 is 20.6 Å². The summed E-state index contributed by atoms with van der Waals surface area (Å²) in [6, 6.07) is 4.28. The van der Waals surface area contributed by atoms with Crippen molar-refractivity contribution >= 4 is 11.8 Å². The fourth-order valence-corrected chi connectivity index (χ4v) is 3.80. The summed E-state index contributed by atoms with van der Waals surface area (Å²) in [5.41, 5.74) is -5.62. The largest absolute Gasteiger partial charge is 0.420 e. The number of aryl methyl sites for hydroxylation is 1. The van der Waals surface area contributed by atoms with E-state index >= 15 is 0 Å². The molecule has 1 amide bonds. The van der Waals surface area contributed by atoms with E-state index in [-0.39, 0.29) is 43.8 Å². The lowest BCUT2D eigenvalue weighted by molar-refractivity contribution is -0.143. The van der Waals surface area contributed by atoms with E-state index in [0.29, 0.717) is 9.47 Å². The molecule has 0 bridgehead atoms. The number of hydrogen-bond donors (Lipinski definition) is 2. The zero-order chi connectivity index (χ0) is 29.8. The molecule has 0 spiro atoms. The Labute approximate surface area is 223 Å². The number of imidazole rings is 1. The number of ether oxygens (including phenoxy) is 1. The molecule has 0 aliphatic carbocycles. The summed E-state index contributed by atoms with van der Waals surface area (Å²) in [6.07, 6.45) is -10.2. The van der Waals surface area contributed by atoms with Crippen LogP contribution in [-0.4, -0.2) is 47.1 Å². The van der Waals surface area contributed by atoms with Gasteiger partial charge in [-0.2, -0.15) is 26.3 Å². The highest BCUT2D eigenvalue weighted by atomic mass is 19.4. The molecule has 0 fully saturated rings. The number of aromatic nitrogens is 2. The van der Waals surface area contributed by atoms with Gasteiger partial charge in [-0.15, -0.1) is 0 Å². The molecule has 0 saturated carbocycles. The van der Waals surface area contributed by atoms with Crippen LogP contribution >= 0.6 is 0 Å². The topological polar surface area (TPSA) is 88.7 Å². The van der Waals surface area contributed by atoms with Crippen LogP contribution in [0.4, 0.5) is 41.2 Å². The van der Waals surface area contributed by atoms with Crippen molar-refractivity contribution in [1.29, 1.82) is 0 Å². The van der Waals surface area contributed by atoms with Gasteiger partial charge < -0.3 is 15.2 Å². The number of aliphatic hydroxyl groups excluding tert-OH is 1. The molecule has 8 nitrogen and oxygen atoms in total. The Morgan fingerprint density at radius 2 is 1.73 bits per heavy atom. The van der Waals surface area contributed by atoms with Crippen molar-refractivity contribution in [2.75, 3.05) is 25.5 Å². The van der Waals surface area contributed by atoms with Gasteiger partial charge in [0.1, 0.15) is 11.4 Å². The zero-order valence-electron chi connectivity index (χ0n) is 21.2. The van der Waals surface area contributed by atoms with E-state index in [1.165, 1.54) is 0 Å². The van der Waals surface area contributed by atoms with E-state index in [0.717, 1.165) is 48.3 Å². The van der Waals surface area contributed by atoms with Crippen LogP contribution in [0.2, 0.25) is 0 Å². The molecule has 0 aliphatic heterocycles. The number of carbonyl (C=O) groups is 1. The highest BCUT2D eigenvalue weighted by Gasteiger charge is 2.42. The number of likely N-dealkylation sites (N-methyl/N-ethyl adjacent to an activating group) is 1. The van der Waals surface area contributed by atoms with Crippen LogP contribution in [-0.2, 0) is 18.9 Å². The summed E-state index contributed by atoms with van der Waals surface area (Å²) in [4.78, 5) is 26.5. The molecule has 0 aliphatic rings. The van der Waals surface area contributed by atoms with Crippen LogP contribution in [0.5, 0.6) is 5.75 Å². The number of alkyl halides is 6. The quantitative estimate of drug-likeness (QED) is 0.356. The molecule has 3 rings (SSSR count). The van der Waals surface area contributed by atoms with Gasteiger partial charge in [-0.05, 0) is 56.3 Å². The second kappa shape index (κ2) is 12.1. The summed E-state index contributed by atoms with van der Waals surface area (Å²) in [5.74, 6) is -1.99.